The maximum absolute atomic E-state index is 11.8. The zero-order chi connectivity index (χ0) is 16.8. The van der Waals surface area contributed by atoms with Crippen molar-refractivity contribution in [2.24, 2.45) is 5.10 Å². The Bertz CT molecular complexity index is 839. The van der Waals surface area contributed by atoms with E-state index in [-0.39, 0.29) is 11.9 Å². The maximum Gasteiger partial charge on any atom is 0.353 e. The molecule has 0 aliphatic heterocycles. The van der Waals surface area contributed by atoms with Gasteiger partial charge in [-0.3, -0.25) is 4.79 Å². The van der Waals surface area contributed by atoms with Crippen molar-refractivity contribution in [2.75, 3.05) is 0 Å². The number of nitrogens with one attached hydrogen (secondary N) is 1. The predicted molar refractivity (Wildman–Crippen MR) is 95.1 cm³/mol. The van der Waals surface area contributed by atoms with Crippen LogP contribution in [0.15, 0.2) is 64.4 Å². The van der Waals surface area contributed by atoms with E-state index < -0.39 is 0 Å². The number of nitrogens with zero attached hydrogens (tertiary/aromatic N) is 1. The lowest BCUT2D eigenvalue weighted by molar-refractivity contribution is 0.0739. The van der Waals surface area contributed by atoms with Crippen molar-refractivity contribution in [1.82, 2.24) is 5.43 Å². The molecule has 0 atom stereocenters. The second-order valence-corrected chi connectivity index (χ2v) is 6.51. The second-order valence-electron chi connectivity index (χ2n) is 4.61. The fourth-order valence-electron chi connectivity index (χ4n) is 1.80. The molecule has 5 nitrogen and oxygen atoms in total. The molecule has 0 fully saturated rings. The van der Waals surface area contributed by atoms with Gasteiger partial charge >= 0.3 is 5.97 Å². The van der Waals surface area contributed by atoms with Crippen LogP contribution in [0, 0.1) is 0 Å². The van der Waals surface area contributed by atoms with E-state index in [4.69, 9.17) is 4.74 Å². The van der Waals surface area contributed by atoms with Gasteiger partial charge in [-0.15, -0.1) is 22.7 Å². The largest absolute Gasteiger partial charge is 0.422 e. The molecule has 2 heterocycles. The SMILES string of the molecule is O=C(N/N=C/c1ccc(OC(=O)c2cccs2)cc1)c1cccs1. The summed E-state index contributed by atoms with van der Waals surface area (Å²) in [5, 5.41) is 7.55. The van der Waals surface area contributed by atoms with Crippen LogP contribution >= 0.6 is 22.7 Å². The summed E-state index contributed by atoms with van der Waals surface area (Å²) >= 11 is 2.68. The molecule has 1 aromatic carbocycles. The van der Waals surface area contributed by atoms with Gasteiger partial charge in [0.25, 0.3) is 5.91 Å². The van der Waals surface area contributed by atoms with Gasteiger partial charge < -0.3 is 4.74 Å². The molecular weight excluding hydrogens is 344 g/mol. The number of hydrogen-bond acceptors (Lipinski definition) is 6. The van der Waals surface area contributed by atoms with Crippen molar-refractivity contribution in [2.45, 2.75) is 0 Å². The fraction of sp³-hybridized carbons (Fsp3) is 0. The summed E-state index contributed by atoms with van der Waals surface area (Å²) in [4.78, 5) is 24.7. The van der Waals surface area contributed by atoms with Gasteiger partial charge in [-0.05, 0) is 52.7 Å². The number of amides is 1. The minimum Gasteiger partial charge on any atom is -0.422 e. The van der Waals surface area contributed by atoms with Crippen LogP contribution in [0.4, 0.5) is 0 Å². The lowest BCUT2D eigenvalue weighted by Gasteiger charge is -2.02. The molecule has 0 unspecified atom stereocenters. The fourth-order valence-corrected chi connectivity index (χ4v) is 3.01. The number of rotatable bonds is 5. The average Bonchev–Trinajstić information content (AvgIpc) is 3.30. The molecule has 24 heavy (non-hydrogen) atoms. The first kappa shape index (κ1) is 16.1. The summed E-state index contributed by atoms with van der Waals surface area (Å²) < 4.78 is 5.26. The second kappa shape index (κ2) is 7.67. The Morgan fingerprint density at radius 3 is 2.25 bits per heavy atom. The number of hydrazone groups is 1. The molecule has 3 aromatic rings. The molecule has 1 N–H and O–H groups in total. The zero-order valence-corrected chi connectivity index (χ0v) is 14.0. The van der Waals surface area contributed by atoms with Gasteiger partial charge in [-0.2, -0.15) is 5.10 Å². The smallest absolute Gasteiger partial charge is 0.353 e. The number of carbonyl (C=O) groups is 2. The van der Waals surface area contributed by atoms with Crippen molar-refractivity contribution >= 4 is 40.8 Å². The first-order valence-corrected chi connectivity index (χ1v) is 8.71. The molecule has 0 spiro atoms. The van der Waals surface area contributed by atoms with E-state index in [1.807, 2.05) is 10.8 Å². The summed E-state index contributed by atoms with van der Waals surface area (Å²) in [6, 6.07) is 13.9. The predicted octanol–water partition coefficient (Wildman–Crippen LogP) is 3.79. The Morgan fingerprint density at radius 1 is 0.958 bits per heavy atom. The van der Waals surface area contributed by atoms with Crippen LogP contribution in [0.5, 0.6) is 5.75 Å². The van der Waals surface area contributed by atoms with E-state index in [1.54, 1.807) is 48.5 Å². The van der Waals surface area contributed by atoms with Gasteiger partial charge in [0.2, 0.25) is 0 Å². The van der Waals surface area contributed by atoms with Crippen molar-refractivity contribution in [3.8, 4) is 5.75 Å². The Balaban J connectivity index is 1.55. The topological polar surface area (TPSA) is 67.8 Å². The lowest BCUT2D eigenvalue weighted by Crippen LogP contribution is -2.16. The van der Waals surface area contributed by atoms with Gasteiger partial charge in [0.1, 0.15) is 10.6 Å². The number of carbonyl (C=O) groups excluding carboxylic acids is 2. The van der Waals surface area contributed by atoms with Crippen LogP contribution in [0.25, 0.3) is 0 Å². The number of benzene rings is 1. The van der Waals surface area contributed by atoms with Gasteiger partial charge in [0.05, 0.1) is 11.1 Å². The normalized spacial score (nSPS) is 10.7. The van der Waals surface area contributed by atoms with E-state index in [0.29, 0.717) is 15.5 Å². The van der Waals surface area contributed by atoms with Gasteiger partial charge in [-0.1, -0.05) is 12.1 Å². The zero-order valence-electron chi connectivity index (χ0n) is 12.3. The van der Waals surface area contributed by atoms with Crippen LogP contribution in [0.1, 0.15) is 24.9 Å². The minimum absolute atomic E-state index is 0.247. The Hall–Kier alpha value is -2.77. The highest BCUT2D eigenvalue weighted by molar-refractivity contribution is 7.12. The standard InChI is InChI=1S/C17H12N2O3S2/c20-16(14-3-1-9-23-14)19-18-11-12-5-7-13(8-6-12)22-17(21)15-4-2-10-24-15/h1-11H,(H,19,20)/b18-11+. The molecule has 120 valence electrons. The quantitative estimate of drug-likeness (QED) is 0.327. The molecule has 0 saturated heterocycles. The Morgan fingerprint density at radius 2 is 1.62 bits per heavy atom. The van der Waals surface area contributed by atoms with Crippen LogP contribution in [0.3, 0.4) is 0 Å². The van der Waals surface area contributed by atoms with E-state index in [0.717, 1.165) is 5.56 Å². The highest BCUT2D eigenvalue weighted by Gasteiger charge is 2.09. The summed E-state index contributed by atoms with van der Waals surface area (Å²) in [7, 11) is 0. The van der Waals surface area contributed by atoms with E-state index in [9.17, 15) is 9.59 Å². The third kappa shape index (κ3) is 4.15. The van der Waals surface area contributed by atoms with Crippen molar-refractivity contribution in [1.29, 1.82) is 0 Å². The lowest BCUT2D eigenvalue weighted by atomic mass is 10.2. The van der Waals surface area contributed by atoms with Crippen molar-refractivity contribution in [3.63, 3.8) is 0 Å². The van der Waals surface area contributed by atoms with Gasteiger partial charge in [-0.25, -0.2) is 10.2 Å². The van der Waals surface area contributed by atoms with Crippen LogP contribution < -0.4 is 10.2 Å². The third-order valence-corrected chi connectivity index (χ3v) is 4.66. The molecule has 7 heteroatoms. The number of thiophene rings is 2. The summed E-state index contributed by atoms with van der Waals surface area (Å²) in [6.45, 7) is 0. The van der Waals surface area contributed by atoms with E-state index >= 15 is 0 Å². The molecule has 0 bridgehead atoms. The molecule has 0 aliphatic carbocycles. The number of esters is 1. The highest BCUT2D eigenvalue weighted by Crippen LogP contribution is 2.16. The Kier molecular flexibility index (Phi) is 5.15. The maximum atomic E-state index is 11.8. The number of hydrogen-bond donors (Lipinski definition) is 1. The summed E-state index contributed by atoms with van der Waals surface area (Å²) in [5.74, 6) is -0.175. The van der Waals surface area contributed by atoms with Crippen LogP contribution in [-0.4, -0.2) is 18.1 Å². The molecule has 0 saturated carbocycles. The monoisotopic (exact) mass is 356 g/mol. The van der Waals surface area contributed by atoms with Crippen LogP contribution in [0.2, 0.25) is 0 Å². The minimum atomic E-state index is -0.380. The average molecular weight is 356 g/mol. The summed E-state index contributed by atoms with van der Waals surface area (Å²) in [5.41, 5.74) is 3.23. The molecule has 0 aliphatic rings. The third-order valence-electron chi connectivity index (χ3n) is 2.94. The van der Waals surface area contributed by atoms with E-state index in [1.165, 1.54) is 28.9 Å². The first-order valence-electron chi connectivity index (χ1n) is 6.95. The van der Waals surface area contributed by atoms with Crippen LogP contribution in [-0.2, 0) is 0 Å². The van der Waals surface area contributed by atoms with Gasteiger partial charge in [0, 0.05) is 0 Å². The molecule has 1 amide bonds. The molecular formula is C17H12N2O3S2. The van der Waals surface area contributed by atoms with Crippen molar-refractivity contribution in [3.05, 3.63) is 74.6 Å². The van der Waals surface area contributed by atoms with E-state index in [2.05, 4.69) is 10.5 Å². The molecule has 3 rings (SSSR count). The highest BCUT2D eigenvalue weighted by atomic mass is 32.1. The van der Waals surface area contributed by atoms with Crippen molar-refractivity contribution < 1.29 is 14.3 Å². The Labute approximate surface area is 146 Å². The summed E-state index contributed by atoms with van der Waals surface area (Å²) in [6.07, 6.45) is 1.52. The number of ether oxygens (including phenoxy) is 1. The van der Waals surface area contributed by atoms with Gasteiger partial charge in [0.15, 0.2) is 0 Å². The first-order chi connectivity index (χ1) is 11.7. The molecule has 2 aromatic heterocycles. The molecule has 0 radical (unpaired) electrons.